The van der Waals surface area contributed by atoms with E-state index in [1.165, 1.54) is 5.56 Å². The van der Waals surface area contributed by atoms with Crippen LogP contribution in [0.4, 0.5) is 0 Å². The van der Waals surface area contributed by atoms with Crippen LogP contribution in [0.1, 0.15) is 61.4 Å². The molecule has 0 unspecified atom stereocenters. The average molecular weight is 232 g/mol. The van der Waals surface area contributed by atoms with Crippen molar-refractivity contribution in [1.29, 1.82) is 0 Å². The summed E-state index contributed by atoms with van der Waals surface area (Å²) in [5, 5.41) is 10.2. The quantitative estimate of drug-likeness (QED) is 0.812. The smallest absolute Gasteiger partial charge is 0.194 e. The lowest BCUT2D eigenvalue weighted by molar-refractivity contribution is 0.0353. The van der Waals surface area contributed by atoms with E-state index in [1.807, 2.05) is 24.3 Å². The van der Waals surface area contributed by atoms with Crippen molar-refractivity contribution in [2.24, 2.45) is 0 Å². The fraction of sp³-hybridized carbons (Fsp3) is 0.533. The minimum absolute atomic E-state index is 0.106. The van der Waals surface area contributed by atoms with Gasteiger partial charge in [-0.05, 0) is 37.2 Å². The zero-order chi connectivity index (χ0) is 12.5. The van der Waals surface area contributed by atoms with Crippen molar-refractivity contribution < 1.29 is 9.90 Å². The van der Waals surface area contributed by atoms with Gasteiger partial charge in [0.2, 0.25) is 0 Å². The number of rotatable bonds is 3. The summed E-state index contributed by atoms with van der Waals surface area (Å²) in [6.07, 6.45) is 3.12. The third-order valence-electron chi connectivity index (χ3n) is 3.69. The van der Waals surface area contributed by atoms with E-state index >= 15 is 0 Å². The highest BCUT2D eigenvalue weighted by molar-refractivity contribution is 6.02. The lowest BCUT2D eigenvalue weighted by Gasteiger charge is -2.20. The van der Waals surface area contributed by atoms with Gasteiger partial charge >= 0.3 is 0 Å². The van der Waals surface area contributed by atoms with Gasteiger partial charge in [0.15, 0.2) is 5.78 Å². The summed E-state index contributed by atoms with van der Waals surface area (Å²) in [7, 11) is 0. The molecule has 0 bridgehead atoms. The number of hydrogen-bond acceptors (Lipinski definition) is 2. The van der Waals surface area contributed by atoms with Gasteiger partial charge in [0.1, 0.15) is 5.60 Å². The van der Waals surface area contributed by atoms with Crippen molar-refractivity contribution in [3.63, 3.8) is 0 Å². The van der Waals surface area contributed by atoms with E-state index in [2.05, 4.69) is 13.8 Å². The van der Waals surface area contributed by atoms with E-state index in [1.54, 1.807) is 0 Å². The Morgan fingerprint density at radius 1 is 1.18 bits per heavy atom. The number of hydrogen-bond donors (Lipinski definition) is 1. The highest BCUT2D eigenvalue weighted by Crippen LogP contribution is 2.32. The number of ketones is 1. The van der Waals surface area contributed by atoms with Gasteiger partial charge in [0, 0.05) is 5.56 Å². The zero-order valence-electron chi connectivity index (χ0n) is 10.6. The van der Waals surface area contributed by atoms with Crippen molar-refractivity contribution in [2.75, 3.05) is 0 Å². The fourth-order valence-corrected chi connectivity index (χ4v) is 2.48. The first kappa shape index (κ1) is 12.3. The molecule has 2 heteroatoms. The molecule has 92 valence electrons. The van der Waals surface area contributed by atoms with Crippen LogP contribution in [0.25, 0.3) is 0 Å². The Hall–Kier alpha value is -1.15. The van der Waals surface area contributed by atoms with E-state index in [0.717, 1.165) is 12.8 Å². The maximum atomic E-state index is 12.2. The van der Waals surface area contributed by atoms with Crippen LogP contribution in [0, 0.1) is 0 Å². The second kappa shape index (κ2) is 4.61. The third-order valence-corrected chi connectivity index (χ3v) is 3.69. The van der Waals surface area contributed by atoms with Crippen LogP contribution < -0.4 is 0 Å². The van der Waals surface area contributed by atoms with E-state index in [9.17, 15) is 9.90 Å². The van der Waals surface area contributed by atoms with Gasteiger partial charge in [-0.25, -0.2) is 0 Å². The van der Waals surface area contributed by atoms with Crippen LogP contribution in [-0.4, -0.2) is 16.5 Å². The number of carbonyl (C=O) groups excluding carboxylic acids is 1. The molecule has 2 rings (SSSR count). The Bertz CT molecular complexity index is 397. The molecule has 1 aromatic rings. The van der Waals surface area contributed by atoms with Crippen molar-refractivity contribution in [2.45, 2.75) is 51.0 Å². The molecule has 1 aromatic carbocycles. The molecule has 0 spiro atoms. The summed E-state index contributed by atoms with van der Waals surface area (Å²) >= 11 is 0. The summed E-state index contributed by atoms with van der Waals surface area (Å²) in [6.45, 7) is 4.25. The first-order valence-corrected chi connectivity index (χ1v) is 6.40. The number of aliphatic hydroxyl groups is 1. The molecule has 1 saturated carbocycles. The first-order chi connectivity index (χ1) is 8.03. The maximum Gasteiger partial charge on any atom is 0.194 e. The molecule has 0 aromatic heterocycles. The fourth-order valence-electron chi connectivity index (χ4n) is 2.48. The van der Waals surface area contributed by atoms with Gasteiger partial charge in [-0.1, -0.05) is 38.1 Å². The van der Waals surface area contributed by atoms with Gasteiger partial charge in [0.25, 0.3) is 0 Å². The van der Waals surface area contributed by atoms with Gasteiger partial charge < -0.3 is 5.11 Å². The van der Waals surface area contributed by atoms with Gasteiger partial charge in [-0.15, -0.1) is 0 Å². The molecule has 0 amide bonds. The minimum atomic E-state index is -1.10. The largest absolute Gasteiger partial charge is 0.382 e. The molecule has 0 heterocycles. The molecule has 0 aliphatic heterocycles. The Labute approximate surface area is 103 Å². The number of Topliss-reactive ketones (excluding diaryl/α,β-unsaturated/α-hetero) is 1. The lowest BCUT2D eigenvalue weighted by atomic mass is 9.90. The molecular weight excluding hydrogens is 212 g/mol. The molecule has 0 radical (unpaired) electrons. The minimum Gasteiger partial charge on any atom is -0.382 e. The molecule has 1 N–H and O–H groups in total. The molecule has 2 nitrogen and oxygen atoms in total. The summed E-state index contributed by atoms with van der Waals surface area (Å²) in [6, 6.07) is 7.65. The summed E-state index contributed by atoms with van der Waals surface area (Å²) in [5.74, 6) is 0.360. The normalized spacial score (nSPS) is 18.6. The van der Waals surface area contributed by atoms with Crippen LogP contribution in [0.15, 0.2) is 24.3 Å². The maximum absolute atomic E-state index is 12.2. The molecule has 1 aliphatic rings. The SMILES string of the molecule is CC(C)c1ccc(C(=O)C2(O)CCCC2)cc1. The van der Waals surface area contributed by atoms with E-state index < -0.39 is 5.60 Å². The van der Waals surface area contributed by atoms with E-state index in [-0.39, 0.29) is 5.78 Å². The van der Waals surface area contributed by atoms with E-state index in [4.69, 9.17) is 0 Å². The topological polar surface area (TPSA) is 37.3 Å². The predicted octanol–water partition coefficient (Wildman–Crippen LogP) is 3.30. The average Bonchev–Trinajstić information content (AvgIpc) is 2.76. The highest BCUT2D eigenvalue weighted by atomic mass is 16.3. The Morgan fingerprint density at radius 3 is 2.18 bits per heavy atom. The first-order valence-electron chi connectivity index (χ1n) is 6.40. The number of benzene rings is 1. The van der Waals surface area contributed by atoms with Crippen LogP contribution in [0.3, 0.4) is 0 Å². The second-order valence-electron chi connectivity index (χ2n) is 5.34. The lowest BCUT2D eigenvalue weighted by Crippen LogP contribution is -2.35. The zero-order valence-corrected chi connectivity index (χ0v) is 10.6. The van der Waals surface area contributed by atoms with Crippen molar-refractivity contribution in [1.82, 2.24) is 0 Å². The number of carbonyl (C=O) groups is 1. The summed E-state index contributed by atoms with van der Waals surface area (Å²) < 4.78 is 0. The predicted molar refractivity (Wildman–Crippen MR) is 68.3 cm³/mol. The molecule has 17 heavy (non-hydrogen) atoms. The molecular formula is C15H20O2. The Kier molecular flexibility index (Phi) is 3.34. The molecule has 1 fully saturated rings. The van der Waals surface area contributed by atoms with E-state index in [0.29, 0.717) is 24.3 Å². The van der Waals surface area contributed by atoms with Crippen molar-refractivity contribution >= 4 is 5.78 Å². The van der Waals surface area contributed by atoms with Crippen molar-refractivity contribution in [3.05, 3.63) is 35.4 Å². The van der Waals surface area contributed by atoms with Crippen LogP contribution in [0.5, 0.6) is 0 Å². The van der Waals surface area contributed by atoms with Crippen LogP contribution in [0.2, 0.25) is 0 Å². The van der Waals surface area contributed by atoms with Gasteiger partial charge in [-0.3, -0.25) is 4.79 Å². The Morgan fingerprint density at radius 2 is 1.71 bits per heavy atom. The second-order valence-corrected chi connectivity index (χ2v) is 5.34. The van der Waals surface area contributed by atoms with Gasteiger partial charge in [0.05, 0.1) is 0 Å². The molecule has 0 saturated heterocycles. The van der Waals surface area contributed by atoms with Gasteiger partial charge in [-0.2, -0.15) is 0 Å². The molecule has 1 aliphatic carbocycles. The Balaban J connectivity index is 2.20. The summed E-state index contributed by atoms with van der Waals surface area (Å²) in [4.78, 5) is 12.2. The standard InChI is InChI=1S/C15H20O2/c1-11(2)12-5-7-13(8-6-12)14(16)15(17)9-3-4-10-15/h5-8,11,17H,3-4,9-10H2,1-2H3. The summed E-state index contributed by atoms with van der Waals surface area (Å²) in [5.41, 5.74) is 0.762. The van der Waals surface area contributed by atoms with Crippen molar-refractivity contribution in [3.8, 4) is 0 Å². The third kappa shape index (κ3) is 2.42. The monoisotopic (exact) mass is 232 g/mol. The van der Waals surface area contributed by atoms with Crippen LogP contribution >= 0.6 is 0 Å². The highest BCUT2D eigenvalue weighted by Gasteiger charge is 2.38. The molecule has 0 atom stereocenters. The van der Waals surface area contributed by atoms with Crippen LogP contribution in [-0.2, 0) is 0 Å².